The van der Waals surface area contributed by atoms with Gasteiger partial charge in [0.25, 0.3) is 0 Å². The number of para-hydroxylation sites is 2. The van der Waals surface area contributed by atoms with Crippen molar-refractivity contribution >= 4 is 28.7 Å². The van der Waals surface area contributed by atoms with E-state index in [0.29, 0.717) is 0 Å². The molecule has 0 unspecified atom stereocenters. The maximum atomic E-state index is 5.80. The largest absolute Gasteiger partial charge is 0.494 e. The molecule has 0 N–H and O–H groups in total. The fourth-order valence-electron chi connectivity index (χ4n) is 4.39. The first-order valence-electron chi connectivity index (χ1n) is 12.8. The molecule has 37 heavy (non-hydrogen) atoms. The van der Waals surface area contributed by atoms with Gasteiger partial charge in [-0.25, -0.2) is 0 Å². The van der Waals surface area contributed by atoms with E-state index in [4.69, 9.17) is 4.74 Å². The third-order valence-corrected chi connectivity index (χ3v) is 6.21. The minimum Gasteiger partial charge on any atom is -0.494 e. The number of hydrogen-bond acceptors (Lipinski definition) is 2. The lowest BCUT2D eigenvalue weighted by molar-refractivity contribution is 0.317. The first-order valence-corrected chi connectivity index (χ1v) is 12.8. The smallest absolute Gasteiger partial charge is 0.119 e. The highest BCUT2D eigenvalue weighted by atomic mass is 16.5. The Morgan fingerprint density at radius 1 is 0.568 bits per heavy atom. The average molecular weight is 482 g/mol. The molecule has 0 aromatic heterocycles. The SMILES string of the molecule is CCCOc1ccc(C(=Cc2ccc(N(c3ccccc3)c3ccccc3)cc2)c2ccccc2)cc1. The molecule has 5 rings (SSSR count). The van der Waals surface area contributed by atoms with Crippen molar-refractivity contribution in [2.45, 2.75) is 13.3 Å². The summed E-state index contributed by atoms with van der Waals surface area (Å²) in [4.78, 5) is 2.28. The average Bonchev–Trinajstić information content (AvgIpc) is 2.98. The zero-order valence-corrected chi connectivity index (χ0v) is 21.1. The number of hydrogen-bond donors (Lipinski definition) is 0. The molecule has 0 aliphatic rings. The monoisotopic (exact) mass is 481 g/mol. The van der Waals surface area contributed by atoms with Gasteiger partial charge in [0.05, 0.1) is 6.61 Å². The Hall–Kier alpha value is -4.56. The van der Waals surface area contributed by atoms with Crippen LogP contribution in [-0.2, 0) is 0 Å². The summed E-state index contributed by atoms with van der Waals surface area (Å²) in [5, 5.41) is 0. The van der Waals surface area contributed by atoms with Crippen molar-refractivity contribution in [3.8, 4) is 5.75 Å². The summed E-state index contributed by atoms with van der Waals surface area (Å²) in [6.45, 7) is 2.85. The number of rotatable bonds is 9. The van der Waals surface area contributed by atoms with Gasteiger partial charge >= 0.3 is 0 Å². The normalized spacial score (nSPS) is 11.2. The van der Waals surface area contributed by atoms with Crippen molar-refractivity contribution in [3.63, 3.8) is 0 Å². The van der Waals surface area contributed by atoms with E-state index in [-0.39, 0.29) is 0 Å². The van der Waals surface area contributed by atoms with Crippen LogP contribution in [0.15, 0.2) is 140 Å². The lowest BCUT2D eigenvalue weighted by Gasteiger charge is -2.25. The Morgan fingerprint density at radius 2 is 1.05 bits per heavy atom. The van der Waals surface area contributed by atoms with E-state index in [1.807, 2.05) is 12.1 Å². The van der Waals surface area contributed by atoms with Crippen LogP contribution in [0.5, 0.6) is 5.75 Å². The fraction of sp³-hybridized carbons (Fsp3) is 0.0857. The van der Waals surface area contributed by atoms with Crippen molar-refractivity contribution in [1.82, 2.24) is 0 Å². The molecule has 0 radical (unpaired) electrons. The zero-order valence-electron chi connectivity index (χ0n) is 21.1. The molecule has 0 saturated heterocycles. The molecule has 5 aromatic rings. The van der Waals surface area contributed by atoms with Crippen LogP contribution in [0.4, 0.5) is 17.1 Å². The zero-order chi connectivity index (χ0) is 25.3. The Bertz CT molecular complexity index is 1370. The van der Waals surface area contributed by atoms with E-state index >= 15 is 0 Å². The van der Waals surface area contributed by atoms with Crippen molar-refractivity contribution < 1.29 is 4.74 Å². The number of ether oxygens (including phenoxy) is 1. The summed E-state index contributed by atoms with van der Waals surface area (Å²) >= 11 is 0. The molecule has 0 spiro atoms. The third-order valence-electron chi connectivity index (χ3n) is 6.21. The second kappa shape index (κ2) is 11.9. The highest BCUT2D eigenvalue weighted by molar-refractivity contribution is 5.91. The number of benzene rings is 5. The molecule has 0 heterocycles. The third kappa shape index (κ3) is 5.99. The molecule has 182 valence electrons. The Labute approximate surface area is 220 Å². The standard InChI is InChI=1S/C35H31NO/c1-2-26-37-34-24-20-30(21-25-34)35(29-12-6-3-7-13-29)27-28-18-22-33(23-19-28)36(31-14-8-4-9-15-31)32-16-10-5-11-17-32/h3-25,27H,2,26H2,1H3. The molecule has 0 atom stereocenters. The molecule has 0 bridgehead atoms. The van der Waals surface area contributed by atoms with Crippen molar-refractivity contribution in [2.24, 2.45) is 0 Å². The van der Waals surface area contributed by atoms with E-state index in [1.54, 1.807) is 0 Å². The fourth-order valence-corrected chi connectivity index (χ4v) is 4.39. The molecule has 2 nitrogen and oxygen atoms in total. The Morgan fingerprint density at radius 3 is 1.59 bits per heavy atom. The minimum atomic E-state index is 0.732. The second-order valence-corrected chi connectivity index (χ2v) is 8.89. The Balaban J connectivity index is 1.50. The molecular weight excluding hydrogens is 450 g/mol. The van der Waals surface area contributed by atoms with Gasteiger partial charge in [-0.3, -0.25) is 0 Å². The highest BCUT2D eigenvalue weighted by Gasteiger charge is 2.12. The predicted octanol–water partition coefficient (Wildman–Crippen LogP) is 9.53. The summed E-state index contributed by atoms with van der Waals surface area (Å²) < 4.78 is 5.80. The summed E-state index contributed by atoms with van der Waals surface area (Å²) in [6.07, 6.45) is 3.26. The van der Waals surface area contributed by atoms with Crippen LogP contribution in [-0.4, -0.2) is 6.61 Å². The molecule has 0 amide bonds. The summed E-state index contributed by atoms with van der Waals surface area (Å²) in [6, 6.07) is 48.7. The van der Waals surface area contributed by atoms with Crippen molar-refractivity contribution in [2.75, 3.05) is 11.5 Å². The van der Waals surface area contributed by atoms with Gasteiger partial charge in [0.1, 0.15) is 5.75 Å². The molecule has 5 aromatic carbocycles. The van der Waals surface area contributed by atoms with Crippen LogP contribution >= 0.6 is 0 Å². The van der Waals surface area contributed by atoms with E-state index in [9.17, 15) is 0 Å². The number of nitrogens with zero attached hydrogens (tertiary/aromatic N) is 1. The van der Waals surface area contributed by atoms with Gasteiger partial charge in [-0.15, -0.1) is 0 Å². The maximum Gasteiger partial charge on any atom is 0.119 e. The summed E-state index contributed by atoms with van der Waals surface area (Å²) in [5.74, 6) is 0.907. The second-order valence-electron chi connectivity index (χ2n) is 8.89. The van der Waals surface area contributed by atoms with Crippen LogP contribution in [0.25, 0.3) is 11.6 Å². The van der Waals surface area contributed by atoms with Gasteiger partial charge in [-0.1, -0.05) is 97.9 Å². The first kappa shape index (κ1) is 24.1. The van der Waals surface area contributed by atoms with Gasteiger partial charge < -0.3 is 9.64 Å². The predicted molar refractivity (Wildman–Crippen MR) is 157 cm³/mol. The maximum absolute atomic E-state index is 5.80. The molecule has 0 fully saturated rings. The van der Waals surface area contributed by atoms with Gasteiger partial charge in [-0.2, -0.15) is 0 Å². The Kier molecular flexibility index (Phi) is 7.78. The van der Waals surface area contributed by atoms with E-state index in [2.05, 4.69) is 145 Å². The lowest BCUT2D eigenvalue weighted by atomic mass is 9.95. The lowest BCUT2D eigenvalue weighted by Crippen LogP contribution is -2.09. The molecule has 0 aliphatic carbocycles. The molecule has 0 saturated carbocycles. The molecule has 2 heteroatoms. The van der Waals surface area contributed by atoms with E-state index in [0.717, 1.165) is 47.0 Å². The number of anilines is 3. The van der Waals surface area contributed by atoms with Crippen LogP contribution in [0, 0.1) is 0 Å². The van der Waals surface area contributed by atoms with Crippen molar-refractivity contribution in [1.29, 1.82) is 0 Å². The first-order chi connectivity index (χ1) is 18.3. The van der Waals surface area contributed by atoms with Crippen LogP contribution < -0.4 is 9.64 Å². The van der Waals surface area contributed by atoms with Gasteiger partial charge in [-0.05, 0) is 83.3 Å². The minimum absolute atomic E-state index is 0.732. The van der Waals surface area contributed by atoms with Gasteiger partial charge in [0.2, 0.25) is 0 Å². The van der Waals surface area contributed by atoms with Gasteiger partial charge in [0.15, 0.2) is 0 Å². The topological polar surface area (TPSA) is 12.5 Å². The summed E-state index contributed by atoms with van der Waals surface area (Å²) in [7, 11) is 0. The van der Waals surface area contributed by atoms with E-state index < -0.39 is 0 Å². The van der Waals surface area contributed by atoms with Crippen molar-refractivity contribution in [3.05, 3.63) is 156 Å². The van der Waals surface area contributed by atoms with Crippen LogP contribution in [0.1, 0.15) is 30.0 Å². The quantitative estimate of drug-likeness (QED) is 0.194. The molecule has 0 aliphatic heterocycles. The molecular formula is C35H31NO. The van der Waals surface area contributed by atoms with Gasteiger partial charge in [0, 0.05) is 17.1 Å². The summed E-state index contributed by atoms with van der Waals surface area (Å²) in [5.41, 5.74) is 8.06. The van der Waals surface area contributed by atoms with Crippen LogP contribution in [0.3, 0.4) is 0 Å². The highest BCUT2D eigenvalue weighted by Crippen LogP contribution is 2.35. The van der Waals surface area contributed by atoms with Crippen LogP contribution in [0.2, 0.25) is 0 Å². The van der Waals surface area contributed by atoms with E-state index in [1.165, 1.54) is 11.1 Å².